The van der Waals surface area contributed by atoms with E-state index in [1.807, 2.05) is 0 Å². The maximum Gasteiger partial charge on any atom is 0.0628 e. The van der Waals surface area contributed by atoms with Crippen LogP contribution in [0, 0.1) is 17.2 Å². The van der Waals surface area contributed by atoms with Gasteiger partial charge in [0.15, 0.2) is 0 Å². The maximum absolute atomic E-state index is 8.77. The van der Waals surface area contributed by atoms with E-state index < -0.39 is 0 Å². The molecular formula is C12H12BrN. The summed E-state index contributed by atoms with van der Waals surface area (Å²) in [4.78, 5) is 0. The summed E-state index contributed by atoms with van der Waals surface area (Å²) in [5.74, 6) is 1.23. The molecule has 0 N–H and O–H groups in total. The summed E-state index contributed by atoms with van der Waals surface area (Å²) in [6, 6.07) is 10.7. The Labute approximate surface area is 92.9 Å². The molecule has 14 heavy (non-hydrogen) atoms. The summed E-state index contributed by atoms with van der Waals surface area (Å²) in [6.07, 6.45) is 3.25. The van der Waals surface area contributed by atoms with Crippen LogP contribution in [0.3, 0.4) is 0 Å². The normalized spacial score (nSPS) is 17.4. The Bertz CT molecular complexity index is 346. The number of nitriles is 1. The molecule has 0 saturated heterocycles. The number of benzene rings is 1. The largest absolute Gasteiger partial charge is 0.198 e. The van der Waals surface area contributed by atoms with Gasteiger partial charge >= 0.3 is 0 Å². The Morgan fingerprint density at radius 2 is 2.00 bits per heavy atom. The summed E-state index contributed by atoms with van der Waals surface area (Å²) < 4.78 is 1.10. The third-order valence-electron chi connectivity index (χ3n) is 2.80. The molecule has 0 aliphatic heterocycles. The zero-order valence-corrected chi connectivity index (χ0v) is 9.50. The summed E-state index contributed by atoms with van der Waals surface area (Å²) in [5.41, 5.74) is 1.32. The van der Waals surface area contributed by atoms with Crippen molar-refractivity contribution in [1.29, 1.82) is 5.26 Å². The van der Waals surface area contributed by atoms with Gasteiger partial charge in [0, 0.05) is 10.9 Å². The van der Waals surface area contributed by atoms with E-state index in [0.29, 0.717) is 12.3 Å². The van der Waals surface area contributed by atoms with Gasteiger partial charge in [0.25, 0.3) is 0 Å². The van der Waals surface area contributed by atoms with Crippen LogP contribution in [-0.2, 0) is 0 Å². The lowest BCUT2D eigenvalue weighted by Gasteiger charge is -2.12. The van der Waals surface area contributed by atoms with E-state index in [0.717, 1.165) is 10.4 Å². The van der Waals surface area contributed by atoms with Gasteiger partial charge in [-0.25, -0.2) is 0 Å². The van der Waals surface area contributed by atoms with Gasteiger partial charge < -0.3 is 0 Å². The Balaban J connectivity index is 2.18. The van der Waals surface area contributed by atoms with Crippen molar-refractivity contribution in [2.45, 2.75) is 25.2 Å². The molecule has 0 amide bonds. The third-order valence-corrected chi connectivity index (χ3v) is 3.33. The Kier molecular flexibility index (Phi) is 2.88. The molecule has 0 bridgehead atoms. The predicted octanol–water partition coefficient (Wildman–Crippen LogP) is 3.86. The van der Waals surface area contributed by atoms with Gasteiger partial charge in [0.2, 0.25) is 0 Å². The summed E-state index contributed by atoms with van der Waals surface area (Å²) in [6.45, 7) is 0. The average molecular weight is 250 g/mol. The molecule has 0 heterocycles. The maximum atomic E-state index is 8.77. The highest BCUT2D eigenvalue weighted by atomic mass is 79.9. The molecule has 1 atom stereocenters. The fraction of sp³-hybridized carbons (Fsp3) is 0.417. The molecule has 1 fully saturated rings. The van der Waals surface area contributed by atoms with Crippen LogP contribution >= 0.6 is 15.9 Å². The predicted molar refractivity (Wildman–Crippen MR) is 59.8 cm³/mol. The number of nitrogens with zero attached hydrogens (tertiary/aromatic N) is 1. The second kappa shape index (κ2) is 4.14. The van der Waals surface area contributed by atoms with Crippen LogP contribution in [0.15, 0.2) is 28.7 Å². The van der Waals surface area contributed by atoms with Crippen molar-refractivity contribution >= 4 is 15.9 Å². The van der Waals surface area contributed by atoms with Crippen LogP contribution in [0.4, 0.5) is 0 Å². The van der Waals surface area contributed by atoms with Gasteiger partial charge in [0.1, 0.15) is 0 Å². The molecule has 2 heteroatoms. The van der Waals surface area contributed by atoms with Crippen LogP contribution < -0.4 is 0 Å². The summed E-state index contributed by atoms with van der Waals surface area (Å²) in [5, 5.41) is 8.77. The number of rotatable bonds is 3. The molecule has 1 aromatic carbocycles. The van der Waals surface area contributed by atoms with Gasteiger partial charge in [-0.1, -0.05) is 28.1 Å². The summed E-state index contributed by atoms with van der Waals surface area (Å²) in [7, 11) is 0. The third kappa shape index (κ3) is 2.16. The molecule has 0 aromatic heterocycles. The zero-order valence-electron chi connectivity index (χ0n) is 7.91. The van der Waals surface area contributed by atoms with Crippen LogP contribution in [0.1, 0.15) is 30.7 Å². The molecule has 1 aliphatic carbocycles. The molecule has 72 valence electrons. The van der Waals surface area contributed by atoms with Crippen molar-refractivity contribution in [2.24, 2.45) is 5.92 Å². The second-order valence-electron chi connectivity index (χ2n) is 3.86. The monoisotopic (exact) mass is 249 g/mol. The van der Waals surface area contributed by atoms with E-state index in [4.69, 9.17) is 5.26 Å². The second-order valence-corrected chi connectivity index (χ2v) is 4.77. The van der Waals surface area contributed by atoms with Gasteiger partial charge in [0.05, 0.1) is 6.07 Å². The molecule has 1 aliphatic rings. The number of hydrogen-bond acceptors (Lipinski definition) is 1. The van der Waals surface area contributed by atoms with Gasteiger partial charge in [-0.2, -0.15) is 5.26 Å². The lowest BCUT2D eigenvalue weighted by atomic mass is 9.92. The summed E-state index contributed by atoms with van der Waals surface area (Å²) >= 11 is 3.42. The van der Waals surface area contributed by atoms with Gasteiger partial charge in [-0.3, -0.25) is 0 Å². The quantitative estimate of drug-likeness (QED) is 0.799. The van der Waals surface area contributed by atoms with E-state index in [1.54, 1.807) is 0 Å². The molecular weight excluding hydrogens is 238 g/mol. The van der Waals surface area contributed by atoms with Crippen molar-refractivity contribution in [1.82, 2.24) is 0 Å². The van der Waals surface area contributed by atoms with E-state index in [1.165, 1.54) is 18.4 Å². The molecule has 1 unspecified atom stereocenters. The Morgan fingerprint density at radius 3 is 2.50 bits per heavy atom. The minimum Gasteiger partial charge on any atom is -0.198 e. The fourth-order valence-corrected chi connectivity index (χ4v) is 2.13. The van der Waals surface area contributed by atoms with Crippen molar-refractivity contribution in [3.8, 4) is 6.07 Å². The molecule has 0 radical (unpaired) electrons. The fourth-order valence-electron chi connectivity index (χ4n) is 1.86. The highest BCUT2D eigenvalue weighted by Crippen LogP contribution is 2.44. The molecule has 1 aromatic rings. The Hall–Kier alpha value is -0.810. The molecule has 1 saturated carbocycles. The molecule has 0 spiro atoms. The first-order chi connectivity index (χ1) is 6.81. The first-order valence-electron chi connectivity index (χ1n) is 4.93. The minimum absolute atomic E-state index is 0.466. The highest BCUT2D eigenvalue weighted by molar-refractivity contribution is 9.10. The molecule has 2 rings (SSSR count). The first-order valence-corrected chi connectivity index (χ1v) is 5.73. The van der Waals surface area contributed by atoms with Crippen LogP contribution in [0.5, 0.6) is 0 Å². The van der Waals surface area contributed by atoms with Crippen LogP contribution in [-0.4, -0.2) is 0 Å². The first kappa shape index (κ1) is 9.73. The SMILES string of the molecule is N#CCC(c1ccc(Br)cc1)C1CC1. The molecule has 1 nitrogen and oxygen atoms in total. The standard InChI is InChI=1S/C12H12BrN/c13-11-5-3-10(4-6-11)12(7-8-14)9-1-2-9/h3-6,9,12H,1-2,7H2. The number of hydrogen-bond donors (Lipinski definition) is 0. The van der Waals surface area contributed by atoms with E-state index in [9.17, 15) is 0 Å². The van der Waals surface area contributed by atoms with Crippen molar-refractivity contribution in [3.05, 3.63) is 34.3 Å². The van der Waals surface area contributed by atoms with E-state index in [-0.39, 0.29) is 0 Å². The van der Waals surface area contributed by atoms with E-state index >= 15 is 0 Å². The van der Waals surface area contributed by atoms with Crippen molar-refractivity contribution < 1.29 is 0 Å². The van der Waals surface area contributed by atoms with Crippen molar-refractivity contribution in [2.75, 3.05) is 0 Å². The zero-order chi connectivity index (χ0) is 9.97. The Morgan fingerprint density at radius 1 is 1.36 bits per heavy atom. The average Bonchev–Trinajstić information content (AvgIpc) is 2.99. The lowest BCUT2D eigenvalue weighted by Crippen LogP contribution is -1.99. The number of halogens is 1. The van der Waals surface area contributed by atoms with Crippen molar-refractivity contribution in [3.63, 3.8) is 0 Å². The smallest absolute Gasteiger partial charge is 0.0628 e. The topological polar surface area (TPSA) is 23.8 Å². The van der Waals surface area contributed by atoms with E-state index in [2.05, 4.69) is 46.3 Å². The van der Waals surface area contributed by atoms with Crippen LogP contribution in [0.2, 0.25) is 0 Å². The lowest BCUT2D eigenvalue weighted by molar-refractivity contribution is 0.619. The van der Waals surface area contributed by atoms with Gasteiger partial charge in [-0.15, -0.1) is 0 Å². The van der Waals surface area contributed by atoms with Gasteiger partial charge in [-0.05, 0) is 42.4 Å². The minimum atomic E-state index is 0.466. The highest BCUT2D eigenvalue weighted by Gasteiger charge is 2.31. The van der Waals surface area contributed by atoms with Crippen LogP contribution in [0.25, 0.3) is 0 Å².